The number of carbonyl (C=O) groups excluding carboxylic acids is 1. The molecular weight excluding hydrogens is 438 g/mol. The van der Waals surface area contributed by atoms with E-state index in [1.165, 1.54) is 30.3 Å². The van der Waals surface area contributed by atoms with Gasteiger partial charge < -0.3 is 5.32 Å². The van der Waals surface area contributed by atoms with Crippen LogP contribution in [0.25, 0.3) is 0 Å². The molecule has 2 N–H and O–H groups in total. The van der Waals surface area contributed by atoms with E-state index in [-0.39, 0.29) is 21.2 Å². The summed E-state index contributed by atoms with van der Waals surface area (Å²) in [7, 11) is -4.00. The topological polar surface area (TPSA) is 75.3 Å². The normalized spacial score (nSPS) is 11.2. The van der Waals surface area contributed by atoms with Crippen molar-refractivity contribution in [3.63, 3.8) is 0 Å². The van der Waals surface area contributed by atoms with Crippen LogP contribution < -0.4 is 10.0 Å². The molecule has 5 nitrogen and oxygen atoms in total. The molecule has 150 valence electrons. The van der Waals surface area contributed by atoms with Crippen LogP contribution in [0.5, 0.6) is 0 Å². The van der Waals surface area contributed by atoms with Crippen molar-refractivity contribution in [2.24, 2.45) is 0 Å². The second kappa shape index (κ2) is 8.41. The Morgan fingerprint density at radius 1 is 1.00 bits per heavy atom. The highest BCUT2D eigenvalue weighted by atomic mass is 35.5. The van der Waals surface area contributed by atoms with Gasteiger partial charge in [0.05, 0.1) is 21.2 Å². The zero-order valence-corrected chi connectivity index (χ0v) is 17.4. The second-order valence-electron chi connectivity index (χ2n) is 6.19. The van der Waals surface area contributed by atoms with Gasteiger partial charge in [0, 0.05) is 10.7 Å². The predicted molar refractivity (Wildman–Crippen MR) is 113 cm³/mol. The lowest BCUT2D eigenvalue weighted by Gasteiger charge is -2.11. The van der Waals surface area contributed by atoms with Gasteiger partial charge in [-0.05, 0) is 61.0 Å². The molecule has 0 fully saturated rings. The molecule has 9 heteroatoms. The quantitative estimate of drug-likeness (QED) is 0.536. The van der Waals surface area contributed by atoms with Crippen LogP contribution in [0.4, 0.5) is 15.8 Å². The Hall–Kier alpha value is -2.61. The molecule has 0 radical (unpaired) electrons. The zero-order valence-electron chi connectivity index (χ0n) is 15.0. The van der Waals surface area contributed by atoms with Crippen molar-refractivity contribution in [1.82, 2.24) is 0 Å². The number of anilines is 2. The van der Waals surface area contributed by atoms with Crippen molar-refractivity contribution in [3.8, 4) is 0 Å². The summed E-state index contributed by atoms with van der Waals surface area (Å²) in [5.41, 5.74) is 1.15. The van der Waals surface area contributed by atoms with E-state index in [2.05, 4.69) is 10.0 Å². The summed E-state index contributed by atoms with van der Waals surface area (Å²) in [6.07, 6.45) is 0. The van der Waals surface area contributed by atoms with Crippen LogP contribution in [0, 0.1) is 12.7 Å². The Kier molecular flexibility index (Phi) is 6.12. The van der Waals surface area contributed by atoms with E-state index in [0.29, 0.717) is 10.7 Å². The molecule has 0 unspecified atom stereocenters. The fourth-order valence-corrected chi connectivity index (χ4v) is 4.11. The summed E-state index contributed by atoms with van der Waals surface area (Å²) < 4.78 is 41.9. The molecule has 0 aliphatic heterocycles. The molecule has 0 saturated heterocycles. The number of rotatable bonds is 5. The average Bonchev–Trinajstić information content (AvgIpc) is 2.62. The molecule has 3 aromatic carbocycles. The number of halogens is 3. The van der Waals surface area contributed by atoms with Gasteiger partial charge >= 0.3 is 0 Å². The highest BCUT2D eigenvalue weighted by Crippen LogP contribution is 2.25. The molecule has 0 bridgehead atoms. The van der Waals surface area contributed by atoms with Crippen LogP contribution in [0.3, 0.4) is 0 Å². The Morgan fingerprint density at radius 3 is 2.41 bits per heavy atom. The van der Waals surface area contributed by atoms with E-state index in [1.807, 2.05) is 13.0 Å². The maximum Gasteiger partial charge on any atom is 0.261 e. The average molecular weight is 453 g/mol. The van der Waals surface area contributed by atoms with Crippen molar-refractivity contribution >= 4 is 50.5 Å². The fourth-order valence-electron chi connectivity index (χ4n) is 2.55. The predicted octanol–water partition coefficient (Wildman–Crippen LogP) is 5.49. The van der Waals surface area contributed by atoms with Crippen molar-refractivity contribution in [1.29, 1.82) is 0 Å². The van der Waals surface area contributed by atoms with E-state index in [0.717, 1.165) is 11.6 Å². The smallest absolute Gasteiger partial charge is 0.261 e. The lowest BCUT2D eigenvalue weighted by Crippen LogP contribution is -2.16. The summed E-state index contributed by atoms with van der Waals surface area (Å²) >= 11 is 11.8. The van der Waals surface area contributed by atoms with Crippen molar-refractivity contribution in [3.05, 3.63) is 87.7 Å². The molecule has 3 aromatic rings. The van der Waals surface area contributed by atoms with Gasteiger partial charge in [-0.3, -0.25) is 9.52 Å². The van der Waals surface area contributed by atoms with Crippen LogP contribution in [-0.2, 0) is 10.0 Å². The maximum absolute atomic E-state index is 14.5. The van der Waals surface area contributed by atoms with Crippen molar-refractivity contribution in [2.45, 2.75) is 11.8 Å². The number of amides is 1. The van der Waals surface area contributed by atoms with Gasteiger partial charge in [0.1, 0.15) is 5.82 Å². The molecule has 1 amide bonds. The van der Waals surface area contributed by atoms with E-state index >= 15 is 0 Å². The molecule has 0 aliphatic carbocycles. The van der Waals surface area contributed by atoms with E-state index in [1.54, 1.807) is 18.2 Å². The molecule has 0 heterocycles. The molecule has 0 atom stereocenters. The SMILES string of the molecule is Cc1cccc(NS(=O)(=O)c2ccc(NC(=O)c3ccc(Cl)cc3Cl)c(F)c2)c1. The molecular formula is C20H15Cl2FN2O3S. The van der Waals surface area contributed by atoms with Crippen LogP contribution >= 0.6 is 23.2 Å². The standard InChI is InChI=1S/C20H15Cl2FN2O3S/c1-12-3-2-4-14(9-12)25-29(27,28)15-6-8-19(18(23)11-15)24-20(26)16-7-5-13(21)10-17(16)22/h2-11,25H,1H3,(H,24,26). The minimum absolute atomic E-state index is 0.105. The summed E-state index contributed by atoms with van der Waals surface area (Å²) in [6.45, 7) is 1.82. The number of aryl methyl sites for hydroxylation is 1. The Morgan fingerprint density at radius 2 is 1.76 bits per heavy atom. The molecule has 0 spiro atoms. The first-order valence-corrected chi connectivity index (χ1v) is 10.5. The number of sulfonamides is 1. The number of nitrogens with one attached hydrogen (secondary N) is 2. The summed E-state index contributed by atoms with van der Waals surface area (Å²) in [5, 5.41) is 2.83. The van der Waals surface area contributed by atoms with Crippen LogP contribution in [0.1, 0.15) is 15.9 Å². The monoisotopic (exact) mass is 452 g/mol. The van der Waals surface area contributed by atoms with E-state index in [9.17, 15) is 17.6 Å². The van der Waals surface area contributed by atoms with Crippen LogP contribution in [-0.4, -0.2) is 14.3 Å². The van der Waals surface area contributed by atoms with Crippen molar-refractivity contribution in [2.75, 3.05) is 10.0 Å². The van der Waals surface area contributed by atoms with Crippen LogP contribution in [0.2, 0.25) is 10.0 Å². The second-order valence-corrected chi connectivity index (χ2v) is 8.72. The molecule has 0 aliphatic rings. The first-order chi connectivity index (χ1) is 13.7. The molecule has 0 saturated carbocycles. The number of hydrogen-bond acceptors (Lipinski definition) is 3. The van der Waals surface area contributed by atoms with Gasteiger partial charge in [-0.15, -0.1) is 0 Å². The van der Waals surface area contributed by atoms with Crippen LogP contribution in [0.15, 0.2) is 65.6 Å². The minimum atomic E-state index is -4.00. The summed E-state index contributed by atoms with van der Waals surface area (Å²) in [4.78, 5) is 12.0. The zero-order chi connectivity index (χ0) is 21.2. The Labute approximate surface area is 177 Å². The van der Waals surface area contributed by atoms with Crippen molar-refractivity contribution < 1.29 is 17.6 Å². The third-order valence-corrected chi connectivity index (χ3v) is 5.87. The first-order valence-electron chi connectivity index (χ1n) is 8.31. The number of carbonyl (C=O) groups is 1. The number of benzene rings is 3. The van der Waals surface area contributed by atoms with Gasteiger partial charge in [0.2, 0.25) is 0 Å². The van der Waals surface area contributed by atoms with Gasteiger partial charge in [0.15, 0.2) is 0 Å². The highest BCUT2D eigenvalue weighted by molar-refractivity contribution is 7.92. The van der Waals surface area contributed by atoms with E-state index < -0.39 is 21.7 Å². The fraction of sp³-hybridized carbons (Fsp3) is 0.0500. The van der Waals surface area contributed by atoms with Gasteiger partial charge in [-0.2, -0.15) is 0 Å². The first kappa shape index (κ1) is 21.1. The largest absolute Gasteiger partial charge is 0.319 e. The third kappa shape index (κ3) is 5.06. The molecule has 0 aromatic heterocycles. The lowest BCUT2D eigenvalue weighted by atomic mass is 10.2. The van der Waals surface area contributed by atoms with E-state index in [4.69, 9.17) is 23.2 Å². The summed E-state index contributed by atoms with van der Waals surface area (Å²) in [5.74, 6) is -1.56. The lowest BCUT2D eigenvalue weighted by molar-refractivity contribution is 0.102. The Bertz CT molecular complexity index is 1200. The maximum atomic E-state index is 14.5. The molecule has 3 rings (SSSR count). The summed E-state index contributed by atoms with van der Waals surface area (Å²) in [6, 6.07) is 14.2. The molecule has 29 heavy (non-hydrogen) atoms. The van der Waals surface area contributed by atoms with Gasteiger partial charge in [-0.25, -0.2) is 12.8 Å². The third-order valence-electron chi connectivity index (χ3n) is 3.95. The van der Waals surface area contributed by atoms with Gasteiger partial charge in [0.25, 0.3) is 15.9 Å². The Balaban J connectivity index is 1.81. The van der Waals surface area contributed by atoms with Gasteiger partial charge in [-0.1, -0.05) is 35.3 Å². The highest BCUT2D eigenvalue weighted by Gasteiger charge is 2.18. The number of hydrogen-bond donors (Lipinski definition) is 2. The minimum Gasteiger partial charge on any atom is -0.319 e.